The summed E-state index contributed by atoms with van der Waals surface area (Å²) >= 11 is 0. The highest BCUT2D eigenvalue weighted by Gasteiger charge is 2.40. The fourth-order valence-corrected chi connectivity index (χ4v) is 4.20. The van der Waals surface area contributed by atoms with Crippen molar-refractivity contribution in [1.29, 1.82) is 0 Å². The summed E-state index contributed by atoms with van der Waals surface area (Å²) in [6.45, 7) is 3.35. The lowest BCUT2D eigenvalue weighted by atomic mass is 9.94. The summed E-state index contributed by atoms with van der Waals surface area (Å²) < 4.78 is 76.0. The zero-order chi connectivity index (χ0) is 30.2. The predicted molar refractivity (Wildman–Crippen MR) is 138 cm³/mol. The largest absolute Gasteiger partial charge is 0.494 e. The molecule has 2 aliphatic heterocycles. The maximum Gasteiger partial charge on any atom is 0.417 e. The molecule has 0 amide bonds. The van der Waals surface area contributed by atoms with Crippen LogP contribution in [0.25, 0.3) is 34.2 Å². The molecule has 1 atom stereocenters. The predicted octanol–water partition coefficient (Wildman–Crippen LogP) is 5.84. The summed E-state index contributed by atoms with van der Waals surface area (Å²) in [5, 5.41) is 14.3. The Balaban J connectivity index is 1.53. The second-order valence-corrected chi connectivity index (χ2v) is 9.36. The van der Waals surface area contributed by atoms with Crippen molar-refractivity contribution in [3.63, 3.8) is 0 Å². The van der Waals surface area contributed by atoms with Gasteiger partial charge >= 0.3 is 12.1 Å². The summed E-state index contributed by atoms with van der Waals surface area (Å²) in [5.74, 6) is -3.98. The molecule has 0 bridgehead atoms. The first-order valence-corrected chi connectivity index (χ1v) is 12.5. The molecule has 1 unspecified atom stereocenters. The van der Waals surface area contributed by atoms with Gasteiger partial charge in [-0.15, -0.1) is 0 Å². The number of hydrogen-bond donors (Lipinski definition) is 1. The maximum atomic E-state index is 14.3. The van der Waals surface area contributed by atoms with E-state index >= 15 is 0 Å². The van der Waals surface area contributed by atoms with Crippen LogP contribution in [-0.4, -0.2) is 47.4 Å². The number of aromatic nitrogens is 6. The Morgan fingerprint density at radius 2 is 1.69 bits per heavy atom. The van der Waals surface area contributed by atoms with Gasteiger partial charge in [-0.25, -0.2) is 38.2 Å². The van der Waals surface area contributed by atoms with Crippen molar-refractivity contribution in [1.82, 2.24) is 29.7 Å². The number of halogens is 5. The molecular weight excluding hydrogens is 563 g/mol. The van der Waals surface area contributed by atoms with Gasteiger partial charge in [0.2, 0.25) is 0 Å². The number of alkyl halides is 3. The number of nitrogens with zero attached hydrogens (tertiary/aromatic N) is 6. The number of carboxylic acid groups (broad SMARTS) is 1. The fraction of sp³-hybridized carbons (Fsp3) is 0.214. The lowest BCUT2D eigenvalue weighted by Crippen LogP contribution is -2.41. The van der Waals surface area contributed by atoms with E-state index in [4.69, 9.17) is 4.74 Å². The van der Waals surface area contributed by atoms with Gasteiger partial charge in [-0.1, -0.05) is 13.0 Å². The van der Waals surface area contributed by atoms with Gasteiger partial charge in [-0.05, 0) is 43.7 Å². The summed E-state index contributed by atoms with van der Waals surface area (Å²) in [4.78, 5) is 29.0. The Kier molecular flexibility index (Phi) is 7.31. The van der Waals surface area contributed by atoms with Crippen LogP contribution in [0.5, 0.6) is 5.75 Å². The van der Waals surface area contributed by atoms with E-state index in [0.717, 1.165) is 29.2 Å². The number of imidazole rings is 1. The van der Waals surface area contributed by atoms with Crippen LogP contribution in [0.4, 0.5) is 22.0 Å². The fourth-order valence-electron chi connectivity index (χ4n) is 4.20. The van der Waals surface area contributed by atoms with Crippen LogP contribution in [0.1, 0.15) is 31.4 Å². The van der Waals surface area contributed by atoms with Crippen LogP contribution in [-0.2, 0) is 16.5 Å². The third kappa shape index (κ3) is 5.10. The van der Waals surface area contributed by atoms with Crippen LogP contribution >= 0.6 is 0 Å². The molecule has 0 aliphatic carbocycles. The quantitative estimate of drug-likeness (QED) is 0.226. The lowest BCUT2D eigenvalue weighted by molar-refractivity contribution is -0.145. The number of hydrogen-bond acceptors (Lipinski definition) is 7. The standard InChI is InChI=1S/C28H21F5N6O3/c1-3-9-42-16-7-8-17(19(10-16)28(31,32)33)24-34-11-15(12-35-24)27(2,26(40)41)39-14-22-21(13-36-39)37-25(38-22)18-5-4-6-20(29)23(18)30/h4-8,10-14H,3,9H2,1-2H3,(H,40,41). The zero-order valence-electron chi connectivity index (χ0n) is 22.0. The minimum atomic E-state index is -4.73. The topological polar surface area (TPSA) is 116 Å². The average Bonchev–Trinajstić information content (AvgIpc) is 3.40. The first-order valence-electron chi connectivity index (χ1n) is 12.5. The van der Waals surface area contributed by atoms with Gasteiger partial charge in [0, 0.05) is 23.5 Å². The molecule has 2 aromatic carbocycles. The monoisotopic (exact) mass is 584 g/mol. The van der Waals surface area contributed by atoms with Gasteiger partial charge in [0.25, 0.3) is 0 Å². The molecule has 216 valence electrons. The summed E-state index contributed by atoms with van der Waals surface area (Å²) in [6.07, 6.45) is 0.532. The Morgan fingerprint density at radius 3 is 2.36 bits per heavy atom. The van der Waals surface area contributed by atoms with E-state index in [0.29, 0.717) is 6.42 Å². The Labute approximate surface area is 235 Å². The van der Waals surface area contributed by atoms with Gasteiger partial charge < -0.3 is 9.84 Å². The van der Waals surface area contributed by atoms with Crippen LogP contribution < -0.4 is 4.74 Å². The average molecular weight is 585 g/mol. The van der Waals surface area contributed by atoms with Gasteiger partial charge in [0.05, 0.1) is 30.1 Å². The van der Waals surface area contributed by atoms with Crippen molar-refractivity contribution in [2.45, 2.75) is 32.0 Å². The van der Waals surface area contributed by atoms with E-state index < -0.39 is 34.9 Å². The maximum absolute atomic E-state index is 14.3. The molecule has 42 heavy (non-hydrogen) atoms. The van der Waals surface area contributed by atoms with Crippen LogP contribution in [0.2, 0.25) is 0 Å². The highest BCUT2D eigenvalue weighted by atomic mass is 19.4. The highest BCUT2D eigenvalue weighted by molar-refractivity contribution is 5.81. The molecule has 1 N–H and O–H groups in total. The van der Waals surface area contributed by atoms with Crippen LogP contribution in [0.3, 0.4) is 0 Å². The van der Waals surface area contributed by atoms with Gasteiger partial charge in [0.1, 0.15) is 17.1 Å². The van der Waals surface area contributed by atoms with E-state index in [-0.39, 0.29) is 52.1 Å². The zero-order valence-corrected chi connectivity index (χ0v) is 22.0. The first kappa shape index (κ1) is 28.5. The molecule has 1 aromatic heterocycles. The summed E-state index contributed by atoms with van der Waals surface area (Å²) in [6, 6.07) is 6.97. The molecule has 0 spiro atoms. The second-order valence-electron chi connectivity index (χ2n) is 9.36. The Hall–Kier alpha value is -5.01. The van der Waals surface area contributed by atoms with Crippen LogP contribution in [0.15, 0.2) is 61.2 Å². The highest BCUT2D eigenvalue weighted by Crippen LogP contribution is 2.38. The number of benzene rings is 2. The minimum absolute atomic E-state index is 0.0111. The third-order valence-corrected chi connectivity index (χ3v) is 6.56. The van der Waals surface area contributed by atoms with E-state index in [9.17, 15) is 31.9 Å². The normalized spacial score (nSPS) is 13.2. The molecule has 5 rings (SSSR count). The number of aliphatic carboxylic acids is 1. The molecule has 2 aliphatic rings. The molecule has 3 heterocycles. The van der Waals surface area contributed by atoms with Crippen molar-refractivity contribution in [2.75, 3.05) is 6.61 Å². The molecule has 0 saturated heterocycles. The molecule has 0 saturated carbocycles. The van der Waals surface area contributed by atoms with Crippen LogP contribution in [0, 0.1) is 11.6 Å². The lowest BCUT2D eigenvalue weighted by Gasteiger charge is -2.27. The number of fused-ring (bicyclic) bond motifs is 1. The Bertz CT molecular complexity index is 1740. The minimum Gasteiger partial charge on any atom is -0.494 e. The van der Waals surface area contributed by atoms with E-state index in [1.165, 1.54) is 43.6 Å². The number of carboxylic acids is 1. The first-order chi connectivity index (χ1) is 19.9. The van der Waals surface area contributed by atoms with Gasteiger partial charge in [0.15, 0.2) is 28.8 Å². The van der Waals surface area contributed by atoms with Crippen molar-refractivity contribution in [3.05, 3.63) is 83.9 Å². The third-order valence-electron chi connectivity index (χ3n) is 6.56. The number of ether oxygens (including phenoxy) is 1. The number of rotatable bonds is 8. The SMILES string of the molecule is CCCOc1ccc(-c2ncc(C(C)(C(=O)O)n3cc4nc(-c5cccc(F)c5F)nc-4cn3)cn2)c(C(F)(F)F)c1. The summed E-state index contributed by atoms with van der Waals surface area (Å²) in [7, 11) is 0. The van der Waals surface area contributed by atoms with Crippen molar-refractivity contribution in [2.24, 2.45) is 0 Å². The van der Waals surface area contributed by atoms with E-state index in [1.54, 1.807) is 0 Å². The van der Waals surface area contributed by atoms with E-state index in [2.05, 4.69) is 25.0 Å². The summed E-state index contributed by atoms with van der Waals surface area (Å²) in [5.41, 5.74) is -3.14. The smallest absolute Gasteiger partial charge is 0.417 e. The molecular formula is C28H21F5N6O3. The molecule has 0 fully saturated rings. The van der Waals surface area contributed by atoms with Gasteiger partial charge in [-0.2, -0.15) is 18.3 Å². The molecule has 14 heteroatoms. The van der Waals surface area contributed by atoms with Crippen molar-refractivity contribution < 1.29 is 36.6 Å². The second kappa shape index (κ2) is 10.8. The Morgan fingerprint density at radius 1 is 0.976 bits per heavy atom. The van der Waals surface area contributed by atoms with Gasteiger partial charge in [-0.3, -0.25) is 0 Å². The molecule has 0 radical (unpaired) electrons. The van der Waals surface area contributed by atoms with Crippen molar-refractivity contribution in [3.8, 4) is 39.9 Å². The van der Waals surface area contributed by atoms with Crippen molar-refractivity contribution >= 4 is 5.97 Å². The molecule has 3 aromatic rings. The molecule has 9 nitrogen and oxygen atoms in total. The van der Waals surface area contributed by atoms with E-state index in [1.807, 2.05) is 6.92 Å². The number of carbonyl (C=O) groups is 1.